The fourth-order valence-corrected chi connectivity index (χ4v) is 3.91. The van der Waals surface area contributed by atoms with E-state index in [2.05, 4.69) is 39.2 Å². The molecule has 0 spiro atoms. The third kappa shape index (κ3) is 4.53. The first kappa shape index (κ1) is 18.2. The van der Waals surface area contributed by atoms with E-state index >= 15 is 0 Å². The van der Waals surface area contributed by atoms with Gasteiger partial charge < -0.3 is 15.2 Å². The van der Waals surface area contributed by atoms with E-state index in [4.69, 9.17) is 4.99 Å². The SMILES string of the molecule is CCNC(=NCC1(CC)CCC1)NCCc1nnc2n1CCCCC2. The Labute approximate surface area is 151 Å². The third-order valence-corrected chi connectivity index (χ3v) is 5.91. The number of hydrogen-bond acceptors (Lipinski definition) is 3. The lowest BCUT2D eigenvalue weighted by molar-refractivity contribution is 0.139. The number of aliphatic imine (C=N–C) groups is 1. The van der Waals surface area contributed by atoms with Crippen molar-refractivity contribution >= 4 is 5.96 Å². The van der Waals surface area contributed by atoms with Crippen LogP contribution in [0.3, 0.4) is 0 Å². The smallest absolute Gasteiger partial charge is 0.191 e. The molecule has 140 valence electrons. The number of aryl methyl sites for hydroxylation is 1. The molecule has 1 saturated carbocycles. The number of aromatic nitrogens is 3. The predicted molar refractivity (Wildman–Crippen MR) is 102 cm³/mol. The van der Waals surface area contributed by atoms with Crippen LogP contribution in [-0.2, 0) is 19.4 Å². The zero-order chi connectivity index (χ0) is 17.5. The van der Waals surface area contributed by atoms with Gasteiger partial charge in [0.05, 0.1) is 0 Å². The van der Waals surface area contributed by atoms with Gasteiger partial charge in [0, 0.05) is 39.0 Å². The van der Waals surface area contributed by atoms with Gasteiger partial charge in [-0.1, -0.05) is 19.8 Å². The molecule has 0 atom stereocenters. The lowest BCUT2D eigenvalue weighted by Crippen LogP contribution is -2.40. The van der Waals surface area contributed by atoms with Crippen LogP contribution >= 0.6 is 0 Å². The number of guanidine groups is 1. The van der Waals surface area contributed by atoms with Crippen molar-refractivity contribution in [2.45, 2.75) is 78.2 Å². The number of nitrogens with one attached hydrogen (secondary N) is 2. The maximum atomic E-state index is 4.85. The second kappa shape index (κ2) is 8.68. The number of nitrogens with zero attached hydrogens (tertiary/aromatic N) is 4. The summed E-state index contributed by atoms with van der Waals surface area (Å²) in [5.74, 6) is 3.23. The Morgan fingerprint density at radius 2 is 2.00 bits per heavy atom. The first-order chi connectivity index (χ1) is 12.3. The Morgan fingerprint density at radius 3 is 2.72 bits per heavy atom. The molecule has 0 saturated heterocycles. The lowest BCUT2D eigenvalue weighted by Gasteiger charge is -2.40. The average Bonchev–Trinajstić information content (AvgIpc) is 2.81. The zero-order valence-electron chi connectivity index (χ0n) is 16.0. The van der Waals surface area contributed by atoms with Crippen molar-refractivity contribution < 1.29 is 0 Å². The van der Waals surface area contributed by atoms with Crippen molar-refractivity contribution in [2.24, 2.45) is 10.4 Å². The summed E-state index contributed by atoms with van der Waals surface area (Å²) in [7, 11) is 0. The van der Waals surface area contributed by atoms with Crippen LogP contribution in [0.5, 0.6) is 0 Å². The molecule has 0 unspecified atom stereocenters. The van der Waals surface area contributed by atoms with Gasteiger partial charge >= 0.3 is 0 Å². The summed E-state index contributed by atoms with van der Waals surface area (Å²) in [5.41, 5.74) is 0.465. The molecule has 0 bridgehead atoms. The van der Waals surface area contributed by atoms with Crippen molar-refractivity contribution in [3.63, 3.8) is 0 Å². The van der Waals surface area contributed by atoms with Crippen LogP contribution in [-0.4, -0.2) is 40.4 Å². The van der Waals surface area contributed by atoms with Gasteiger partial charge in [-0.05, 0) is 44.4 Å². The van der Waals surface area contributed by atoms with Crippen LogP contribution in [0, 0.1) is 5.41 Å². The first-order valence-corrected chi connectivity index (χ1v) is 10.2. The molecule has 0 aromatic carbocycles. The highest BCUT2D eigenvalue weighted by Gasteiger charge is 2.34. The highest BCUT2D eigenvalue weighted by molar-refractivity contribution is 5.79. The fourth-order valence-electron chi connectivity index (χ4n) is 3.91. The van der Waals surface area contributed by atoms with Crippen molar-refractivity contribution in [2.75, 3.05) is 19.6 Å². The van der Waals surface area contributed by atoms with Crippen LogP contribution < -0.4 is 10.6 Å². The highest BCUT2D eigenvalue weighted by Crippen LogP contribution is 2.43. The Morgan fingerprint density at radius 1 is 1.12 bits per heavy atom. The minimum absolute atomic E-state index is 0.465. The molecule has 1 aromatic heterocycles. The zero-order valence-corrected chi connectivity index (χ0v) is 16.0. The second-order valence-corrected chi connectivity index (χ2v) is 7.57. The molecular formula is C19H34N6. The van der Waals surface area contributed by atoms with Gasteiger partial charge in [-0.25, -0.2) is 0 Å². The molecule has 25 heavy (non-hydrogen) atoms. The molecule has 0 radical (unpaired) electrons. The largest absolute Gasteiger partial charge is 0.357 e. The second-order valence-electron chi connectivity index (χ2n) is 7.57. The normalized spacial score (nSPS) is 19.7. The van der Waals surface area contributed by atoms with Crippen LogP contribution in [0.1, 0.15) is 70.4 Å². The van der Waals surface area contributed by atoms with E-state index in [1.54, 1.807) is 0 Å². The molecule has 1 aliphatic heterocycles. The molecule has 1 aromatic rings. The van der Waals surface area contributed by atoms with Crippen molar-refractivity contribution in [3.05, 3.63) is 11.6 Å². The number of hydrogen-bond donors (Lipinski definition) is 2. The van der Waals surface area contributed by atoms with Gasteiger partial charge in [-0.2, -0.15) is 0 Å². The molecule has 2 heterocycles. The molecule has 1 aliphatic carbocycles. The first-order valence-electron chi connectivity index (χ1n) is 10.2. The maximum absolute atomic E-state index is 4.85. The monoisotopic (exact) mass is 346 g/mol. The van der Waals surface area contributed by atoms with E-state index in [-0.39, 0.29) is 0 Å². The number of fused-ring (bicyclic) bond motifs is 1. The van der Waals surface area contributed by atoms with Gasteiger partial charge in [0.2, 0.25) is 0 Å². The van der Waals surface area contributed by atoms with Gasteiger partial charge in [-0.3, -0.25) is 4.99 Å². The Balaban J connectivity index is 1.52. The third-order valence-electron chi connectivity index (χ3n) is 5.91. The van der Waals surface area contributed by atoms with Crippen LogP contribution in [0.15, 0.2) is 4.99 Å². The van der Waals surface area contributed by atoms with Gasteiger partial charge in [0.25, 0.3) is 0 Å². The van der Waals surface area contributed by atoms with Gasteiger partial charge in [0.1, 0.15) is 11.6 Å². The minimum atomic E-state index is 0.465. The summed E-state index contributed by atoms with van der Waals surface area (Å²) in [6.07, 6.45) is 11.0. The molecular weight excluding hydrogens is 312 g/mol. The molecule has 2 N–H and O–H groups in total. The number of rotatable bonds is 7. The Hall–Kier alpha value is -1.59. The molecule has 6 nitrogen and oxygen atoms in total. The van der Waals surface area contributed by atoms with E-state index in [1.807, 2.05) is 0 Å². The molecule has 3 rings (SSSR count). The summed E-state index contributed by atoms with van der Waals surface area (Å²) in [4.78, 5) is 4.85. The van der Waals surface area contributed by atoms with E-state index < -0.39 is 0 Å². The van der Waals surface area contributed by atoms with Gasteiger partial charge in [-0.15, -0.1) is 10.2 Å². The van der Waals surface area contributed by atoms with Crippen LogP contribution in [0.2, 0.25) is 0 Å². The Bertz CT molecular complexity index is 567. The molecule has 0 amide bonds. The quantitative estimate of drug-likeness (QED) is 0.588. The summed E-state index contributed by atoms with van der Waals surface area (Å²) in [6.45, 7) is 8.18. The van der Waals surface area contributed by atoms with E-state index in [1.165, 1.54) is 50.8 Å². The van der Waals surface area contributed by atoms with Crippen molar-refractivity contribution in [1.82, 2.24) is 25.4 Å². The minimum Gasteiger partial charge on any atom is -0.357 e. The van der Waals surface area contributed by atoms with E-state index in [0.29, 0.717) is 5.41 Å². The van der Waals surface area contributed by atoms with Crippen LogP contribution in [0.25, 0.3) is 0 Å². The topological polar surface area (TPSA) is 67.1 Å². The van der Waals surface area contributed by atoms with Crippen molar-refractivity contribution in [1.29, 1.82) is 0 Å². The van der Waals surface area contributed by atoms with Crippen LogP contribution in [0.4, 0.5) is 0 Å². The molecule has 6 heteroatoms. The summed E-state index contributed by atoms with van der Waals surface area (Å²) < 4.78 is 2.33. The fraction of sp³-hybridized carbons (Fsp3) is 0.842. The maximum Gasteiger partial charge on any atom is 0.191 e. The van der Waals surface area contributed by atoms with Gasteiger partial charge in [0.15, 0.2) is 5.96 Å². The van der Waals surface area contributed by atoms with E-state index in [9.17, 15) is 0 Å². The summed E-state index contributed by atoms with van der Waals surface area (Å²) in [6, 6.07) is 0. The standard InChI is InChI=1S/C19H34N6/c1-3-19(11-8-12-19)15-22-18(20-4-2)21-13-10-17-24-23-16-9-6-5-7-14-25(16)17/h3-15H2,1-2H3,(H2,20,21,22). The molecule has 1 fully saturated rings. The van der Waals surface area contributed by atoms with E-state index in [0.717, 1.165) is 50.8 Å². The summed E-state index contributed by atoms with van der Waals surface area (Å²) >= 11 is 0. The molecule has 2 aliphatic rings. The predicted octanol–water partition coefficient (Wildman–Crippen LogP) is 2.68. The average molecular weight is 347 g/mol. The highest BCUT2D eigenvalue weighted by atomic mass is 15.3. The Kier molecular flexibility index (Phi) is 6.32. The lowest BCUT2D eigenvalue weighted by atomic mass is 9.67. The summed E-state index contributed by atoms with van der Waals surface area (Å²) in [5, 5.41) is 15.7. The van der Waals surface area contributed by atoms with Crippen molar-refractivity contribution in [3.8, 4) is 0 Å².